The highest BCUT2D eigenvalue weighted by Crippen LogP contribution is 2.36. The van der Waals surface area contributed by atoms with Crippen molar-refractivity contribution >= 4 is 32.0 Å². The number of nitrogens with one attached hydrogen (secondary N) is 1. The molecule has 4 aromatic rings. The Bertz CT molecular complexity index is 1620. The molecule has 0 spiro atoms. The van der Waals surface area contributed by atoms with E-state index >= 15 is 0 Å². The average molecular weight is 588 g/mol. The third kappa shape index (κ3) is 6.05. The maximum Gasteiger partial charge on any atom is 0.416 e. The van der Waals surface area contributed by atoms with Gasteiger partial charge in [-0.1, -0.05) is 0 Å². The highest BCUT2D eigenvalue weighted by Gasteiger charge is 2.33. The van der Waals surface area contributed by atoms with Gasteiger partial charge in [0.15, 0.2) is 5.65 Å². The normalized spacial score (nSPS) is 20.1. The maximum absolute atomic E-state index is 13.4. The number of sulfonamides is 1. The van der Waals surface area contributed by atoms with Crippen molar-refractivity contribution in [1.82, 2.24) is 24.2 Å². The van der Waals surface area contributed by atoms with Crippen molar-refractivity contribution in [1.29, 1.82) is 0 Å². The van der Waals surface area contributed by atoms with E-state index in [1.807, 2.05) is 23.4 Å². The predicted octanol–water partition coefficient (Wildman–Crippen LogP) is 5.39. The fourth-order valence-corrected chi connectivity index (χ4v) is 7.81. The van der Waals surface area contributed by atoms with E-state index in [0.717, 1.165) is 59.8 Å². The molecule has 2 aliphatic heterocycles. The Morgan fingerprint density at radius 1 is 1.00 bits per heavy atom. The van der Waals surface area contributed by atoms with Gasteiger partial charge < -0.3 is 9.72 Å². The number of aromatic nitrogens is 3. The molecule has 8 nitrogen and oxygen atoms in total. The summed E-state index contributed by atoms with van der Waals surface area (Å²) < 4.78 is 72.4. The predicted molar refractivity (Wildman–Crippen MR) is 150 cm³/mol. The summed E-state index contributed by atoms with van der Waals surface area (Å²) in [7, 11) is -3.50. The molecule has 0 bridgehead atoms. The van der Waals surface area contributed by atoms with Crippen molar-refractivity contribution in [2.45, 2.75) is 37.8 Å². The third-order valence-electron chi connectivity index (χ3n) is 8.24. The van der Waals surface area contributed by atoms with Crippen LogP contribution in [-0.2, 0) is 16.2 Å². The molecule has 1 aromatic carbocycles. The van der Waals surface area contributed by atoms with Gasteiger partial charge in [-0.15, -0.1) is 0 Å². The van der Waals surface area contributed by atoms with Crippen LogP contribution in [0.15, 0.2) is 55.0 Å². The molecule has 0 saturated carbocycles. The number of alkyl halides is 3. The van der Waals surface area contributed by atoms with Crippen LogP contribution in [0.25, 0.3) is 21.9 Å². The lowest BCUT2D eigenvalue weighted by atomic mass is 9.87. The zero-order valence-corrected chi connectivity index (χ0v) is 23.3. The number of hydrogen-bond acceptors (Lipinski definition) is 6. The number of likely N-dealkylation sites (tertiary alicyclic amines) is 1. The van der Waals surface area contributed by atoms with Crippen LogP contribution in [0, 0.1) is 5.92 Å². The lowest BCUT2D eigenvalue weighted by Gasteiger charge is -2.36. The molecule has 0 aliphatic carbocycles. The van der Waals surface area contributed by atoms with E-state index in [2.05, 4.69) is 21.0 Å². The van der Waals surface area contributed by atoms with Gasteiger partial charge in [0.1, 0.15) is 11.6 Å². The Balaban J connectivity index is 1.04. The number of pyridine rings is 2. The molecule has 3 aromatic heterocycles. The van der Waals surface area contributed by atoms with Gasteiger partial charge in [-0.25, -0.2) is 22.7 Å². The number of ether oxygens (including phenoxy) is 1. The molecule has 1 unspecified atom stereocenters. The lowest BCUT2D eigenvalue weighted by molar-refractivity contribution is -0.137. The van der Waals surface area contributed by atoms with E-state index in [9.17, 15) is 21.6 Å². The third-order valence-corrected chi connectivity index (χ3v) is 10.0. The van der Waals surface area contributed by atoms with Crippen molar-refractivity contribution in [2.24, 2.45) is 5.92 Å². The van der Waals surface area contributed by atoms with E-state index < -0.39 is 21.8 Å². The molecule has 2 fully saturated rings. The first-order chi connectivity index (χ1) is 19.7. The van der Waals surface area contributed by atoms with Crippen molar-refractivity contribution in [3.05, 3.63) is 66.1 Å². The van der Waals surface area contributed by atoms with E-state index in [1.165, 1.54) is 17.7 Å². The minimum absolute atomic E-state index is 0.0174. The Labute approximate surface area is 236 Å². The van der Waals surface area contributed by atoms with Crippen molar-refractivity contribution < 1.29 is 26.3 Å². The first-order valence-electron chi connectivity index (χ1n) is 13.9. The van der Waals surface area contributed by atoms with Gasteiger partial charge in [0.25, 0.3) is 0 Å². The average Bonchev–Trinajstić information content (AvgIpc) is 3.45. The molecule has 0 amide bonds. The van der Waals surface area contributed by atoms with Crippen molar-refractivity contribution in [3.63, 3.8) is 0 Å². The number of H-pyrrole nitrogens is 1. The summed E-state index contributed by atoms with van der Waals surface area (Å²) in [6.07, 6.45) is 4.37. The molecule has 12 heteroatoms. The van der Waals surface area contributed by atoms with Gasteiger partial charge in [0.2, 0.25) is 10.0 Å². The minimum Gasteiger partial charge on any atom is -0.493 e. The van der Waals surface area contributed by atoms with Crippen molar-refractivity contribution in [3.8, 4) is 5.75 Å². The van der Waals surface area contributed by atoms with Gasteiger partial charge in [0.05, 0.1) is 23.9 Å². The number of piperidine rings is 2. The zero-order valence-electron chi connectivity index (χ0n) is 22.5. The van der Waals surface area contributed by atoms with Gasteiger partial charge in [0, 0.05) is 42.2 Å². The highest BCUT2D eigenvalue weighted by molar-refractivity contribution is 7.89. The summed E-state index contributed by atoms with van der Waals surface area (Å²) in [5.41, 5.74) is 2.21. The van der Waals surface area contributed by atoms with E-state index in [0.29, 0.717) is 37.8 Å². The topological polar surface area (TPSA) is 91.4 Å². The summed E-state index contributed by atoms with van der Waals surface area (Å²) in [6, 6.07) is 8.70. The molecule has 1 atom stereocenters. The monoisotopic (exact) mass is 587 g/mol. The maximum atomic E-state index is 13.4. The summed E-state index contributed by atoms with van der Waals surface area (Å²) in [6.45, 7) is 2.45. The molecule has 0 radical (unpaired) electrons. The summed E-state index contributed by atoms with van der Waals surface area (Å²) >= 11 is 0. The molecule has 6 rings (SSSR count). The summed E-state index contributed by atoms with van der Waals surface area (Å²) in [4.78, 5) is 14.1. The van der Waals surface area contributed by atoms with Crippen LogP contribution >= 0.6 is 0 Å². The van der Waals surface area contributed by atoms with E-state index in [1.54, 1.807) is 10.5 Å². The number of benzene rings is 1. The quantitative estimate of drug-likeness (QED) is 0.312. The van der Waals surface area contributed by atoms with Crippen LogP contribution in [0.1, 0.15) is 42.7 Å². The van der Waals surface area contributed by atoms with E-state index in [-0.39, 0.29) is 18.4 Å². The number of aromatic amines is 1. The zero-order chi connectivity index (χ0) is 28.6. The van der Waals surface area contributed by atoms with Crippen LogP contribution in [-0.4, -0.2) is 71.2 Å². The van der Waals surface area contributed by atoms with E-state index in [4.69, 9.17) is 4.74 Å². The van der Waals surface area contributed by atoms with Gasteiger partial charge in [-0.3, -0.25) is 4.90 Å². The SMILES string of the molecule is O=S(=O)(CN1CCC(c2cc[nH]c3cnc4nccc4c23)CC1)N1CCCC(COc2ccc(C(F)(F)F)cc2)C1. The number of fused-ring (bicyclic) bond motifs is 3. The fraction of sp³-hybridized carbons (Fsp3) is 0.448. The molecular formula is C29H32F3N5O3S. The number of halogens is 3. The largest absolute Gasteiger partial charge is 0.493 e. The second-order valence-electron chi connectivity index (χ2n) is 11.0. The Hall–Kier alpha value is -3.22. The van der Waals surface area contributed by atoms with Crippen LogP contribution in [0.2, 0.25) is 0 Å². The first kappa shape index (κ1) is 27.9. The number of rotatable bonds is 7. The summed E-state index contributed by atoms with van der Waals surface area (Å²) in [5, 5.41) is 2.17. The molecule has 41 heavy (non-hydrogen) atoms. The molecule has 1 N–H and O–H groups in total. The van der Waals surface area contributed by atoms with Crippen molar-refractivity contribution in [2.75, 3.05) is 38.7 Å². The Kier molecular flexibility index (Phi) is 7.64. The number of hydrogen-bond donors (Lipinski definition) is 1. The van der Waals surface area contributed by atoms with Crippen LogP contribution in [0.4, 0.5) is 13.2 Å². The smallest absolute Gasteiger partial charge is 0.416 e. The lowest BCUT2D eigenvalue weighted by Crippen LogP contribution is -2.47. The van der Waals surface area contributed by atoms with Crippen LogP contribution in [0.5, 0.6) is 5.75 Å². The van der Waals surface area contributed by atoms with Crippen LogP contribution < -0.4 is 4.74 Å². The minimum atomic E-state index is -4.40. The Morgan fingerprint density at radius 3 is 2.54 bits per heavy atom. The standard InChI is InChI=1S/C29H32F3N5O3S/c30-29(31,32)22-3-5-23(6-4-22)40-18-20-2-1-13-37(17-20)41(38,39)19-36-14-9-21(10-15-36)24-7-11-33-26-16-35-28-25(27(24)26)8-12-34-28/h3-8,11-12,16,20-21,33H,1-2,9-10,13-15,17-19H2. The van der Waals surface area contributed by atoms with Gasteiger partial charge in [-0.2, -0.15) is 13.2 Å². The Morgan fingerprint density at radius 2 is 1.78 bits per heavy atom. The van der Waals surface area contributed by atoms with Gasteiger partial charge in [-0.05, 0) is 86.7 Å². The highest BCUT2D eigenvalue weighted by atomic mass is 32.2. The molecule has 2 saturated heterocycles. The van der Waals surface area contributed by atoms with Gasteiger partial charge >= 0.3 is 6.18 Å². The molecule has 5 heterocycles. The first-order valence-corrected chi connectivity index (χ1v) is 15.5. The second-order valence-corrected chi connectivity index (χ2v) is 12.9. The molecule has 218 valence electrons. The number of nitrogens with zero attached hydrogens (tertiary/aromatic N) is 4. The molecule has 2 aliphatic rings. The van der Waals surface area contributed by atoms with Crippen LogP contribution in [0.3, 0.4) is 0 Å². The molecular weight excluding hydrogens is 555 g/mol. The summed E-state index contributed by atoms with van der Waals surface area (Å²) in [5.74, 6) is 0.618. The fourth-order valence-electron chi connectivity index (χ4n) is 6.08. The second kappa shape index (κ2) is 11.2.